The Hall–Kier alpha value is -2.75. The molecule has 1 amide bonds. The summed E-state index contributed by atoms with van der Waals surface area (Å²) >= 11 is 14.7. The molecule has 14 heteroatoms. The number of aliphatic hydroxyl groups excluding tert-OH is 1. The molecule has 0 aliphatic rings. The molecule has 1 unspecified atom stereocenters. The molecule has 11 nitrogen and oxygen atoms in total. The Balaban J connectivity index is 1.65. The number of nitrogens with zero attached hydrogens (tertiary/aromatic N) is 2. The largest absolute Gasteiger partial charge is 0.376 e. The number of para-hydroxylation sites is 1. The van der Waals surface area contributed by atoms with Crippen LogP contribution < -0.4 is 28.0 Å². The van der Waals surface area contributed by atoms with E-state index in [1.807, 2.05) is 49.5 Å². The summed E-state index contributed by atoms with van der Waals surface area (Å²) in [5.74, 6) is 4.88. The molecule has 2 heterocycles. The van der Waals surface area contributed by atoms with Gasteiger partial charge in [0.1, 0.15) is 24.0 Å². The van der Waals surface area contributed by atoms with Crippen molar-refractivity contribution in [1.29, 1.82) is 0 Å². The lowest BCUT2D eigenvalue weighted by molar-refractivity contribution is -0.139. The number of likely N-dealkylation sites (N-methyl/N-ethyl adjacent to an activating group) is 1. The highest BCUT2D eigenvalue weighted by molar-refractivity contribution is 7.99. The summed E-state index contributed by atoms with van der Waals surface area (Å²) in [7, 11) is 0. The SMILES string of the molecule is CCN(C(=O)[C@H](CN)NCON)[C@@H](Cc1c[nH]c2ccccc12)C(O)NCc1c(Cl)ccc(Cl)c1Sc1ncccc1CN. The molecule has 0 aliphatic carbocycles. The highest BCUT2D eigenvalue weighted by atomic mass is 35.5. The second-order valence-electron chi connectivity index (χ2n) is 10.00. The molecule has 4 rings (SSSR count). The fourth-order valence-electron chi connectivity index (χ4n) is 5.05. The number of carbonyl (C=O) groups excluding carboxylic acids is 1. The fourth-order valence-corrected chi connectivity index (χ4v) is 6.69. The van der Waals surface area contributed by atoms with Crippen LogP contribution in [-0.2, 0) is 29.1 Å². The van der Waals surface area contributed by atoms with Crippen LogP contribution in [0.1, 0.15) is 23.6 Å². The number of fused-ring (bicyclic) bond motifs is 1. The van der Waals surface area contributed by atoms with E-state index in [2.05, 4.69) is 25.4 Å². The van der Waals surface area contributed by atoms with E-state index >= 15 is 0 Å². The van der Waals surface area contributed by atoms with Crippen molar-refractivity contribution in [2.24, 2.45) is 17.4 Å². The number of halogens is 2. The van der Waals surface area contributed by atoms with Gasteiger partial charge in [0.05, 0.1) is 11.1 Å². The number of benzene rings is 2. The second-order valence-corrected chi connectivity index (χ2v) is 11.8. The predicted octanol–water partition coefficient (Wildman–Crippen LogP) is 3.11. The van der Waals surface area contributed by atoms with E-state index < -0.39 is 18.3 Å². The lowest BCUT2D eigenvalue weighted by Gasteiger charge is -2.37. The molecular formula is C30H38Cl2N8O3S. The molecule has 3 atom stereocenters. The van der Waals surface area contributed by atoms with Gasteiger partial charge in [0.15, 0.2) is 0 Å². The highest BCUT2D eigenvalue weighted by Gasteiger charge is 2.33. The van der Waals surface area contributed by atoms with Crippen molar-refractivity contribution in [2.45, 2.75) is 54.7 Å². The summed E-state index contributed by atoms with van der Waals surface area (Å²) in [6.45, 7) is 2.58. The van der Waals surface area contributed by atoms with E-state index in [1.54, 1.807) is 23.2 Å². The van der Waals surface area contributed by atoms with Gasteiger partial charge in [-0.15, -0.1) is 0 Å². The van der Waals surface area contributed by atoms with Gasteiger partial charge in [-0.05, 0) is 48.7 Å². The monoisotopic (exact) mass is 660 g/mol. The first-order valence-corrected chi connectivity index (χ1v) is 15.7. The number of aromatic nitrogens is 2. The summed E-state index contributed by atoms with van der Waals surface area (Å²) < 4.78 is 0. The van der Waals surface area contributed by atoms with Crippen molar-refractivity contribution in [3.05, 3.63) is 87.7 Å². The summed E-state index contributed by atoms with van der Waals surface area (Å²) in [5, 5.41) is 20.5. The number of amides is 1. The average Bonchev–Trinajstić information content (AvgIpc) is 3.45. The molecular weight excluding hydrogens is 623 g/mol. The summed E-state index contributed by atoms with van der Waals surface area (Å²) in [6.07, 6.45) is 2.77. The number of aromatic amines is 1. The molecule has 0 spiro atoms. The number of hydrogen-bond donors (Lipinski definition) is 7. The number of aliphatic hydroxyl groups is 1. The molecule has 2 aromatic carbocycles. The molecule has 0 saturated carbocycles. The van der Waals surface area contributed by atoms with Crippen molar-refractivity contribution in [1.82, 2.24) is 25.5 Å². The van der Waals surface area contributed by atoms with Gasteiger partial charge in [-0.25, -0.2) is 10.9 Å². The van der Waals surface area contributed by atoms with Crippen LogP contribution >= 0.6 is 35.0 Å². The van der Waals surface area contributed by atoms with Crippen LogP contribution in [0.4, 0.5) is 0 Å². The van der Waals surface area contributed by atoms with E-state index in [0.29, 0.717) is 45.0 Å². The van der Waals surface area contributed by atoms with Crippen LogP contribution in [0, 0.1) is 0 Å². The zero-order chi connectivity index (χ0) is 31.6. The second kappa shape index (κ2) is 16.5. The molecule has 4 aromatic rings. The molecule has 236 valence electrons. The number of rotatable bonds is 16. The lowest BCUT2D eigenvalue weighted by Crippen LogP contribution is -2.59. The zero-order valence-corrected chi connectivity index (χ0v) is 26.6. The molecule has 0 fully saturated rings. The maximum atomic E-state index is 13.7. The summed E-state index contributed by atoms with van der Waals surface area (Å²) in [6, 6.07) is 13.6. The molecule has 2 aromatic heterocycles. The maximum Gasteiger partial charge on any atom is 0.241 e. The first kappa shape index (κ1) is 34.1. The molecule has 10 N–H and O–H groups in total. The maximum absolute atomic E-state index is 13.7. The third-order valence-electron chi connectivity index (χ3n) is 7.35. The topological polar surface area (TPSA) is 181 Å². The van der Waals surface area contributed by atoms with Crippen LogP contribution in [0.5, 0.6) is 0 Å². The molecule has 0 saturated heterocycles. The minimum Gasteiger partial charge on any atom is -0.376 e. The van der Waals surface area contributed by atoms with Crippen LogP contribution in [0.3, 0.4) is 0 Å². The summed E-state index contributed by atoms with van der Waals surface area (Å²) in [5.41, 5.74) is 15.3. The van der Waals surface area contributed by atoms with Crippen LogP contribution in [0.15, 0.2) is 70.8 Å². The number of H-pyrrole nitrogens is 1. The number of pyridine rings is 1. The Morgan fingerprint density at radius 2 is 1.89 bits per heavy atom. The Kier molecular flexibility index (Phi) is 12.8. The van der Waals surface area contributed by atoms with Gasteiger partial charge in [-0.1, -0.05) is 59.2 Å². The van der Waals surface area contributed by atoms with E-state index in [1.165, 1.54) is 11.8 Å². The van der Waals surface area contributed by atoms with Gasteiger partial charge in [-0.2, -0.15) is 0 Å². The van der Waals surface area contributed by atoms with E-state index in [0.717, 1.165) is 22.0 Å². The quantitative estimate of drug-likeness (QED) is 0.0697. The smallest absolute Gasteiger partial charge is 0.241 e. The molecule has 0 aliphatic heterocycles. The van der Waals surface area contributed by atoms with Crippen molar-refractivity contribution < 1.29 is 14.7 Å². The Morgan fingerprint density at radius 1 is 1.11 bits per heavy atom. The number of nitrogens with one attached hydrogen (secondary N) is 3. The first-order valence-electron chi connectivity index (χ1n) is 14.1. The molecule has 0 bridgehead atoms. The van der Waals surface area contributed by atoms with E-state index in [9.17, 15) is 9.90 Å². The van der Waals surface area contributed by atoms with Gasteiger partial charge in [0.25, 0.3) is 0 Å². The van der Waals surface area contributed by atoms with Crippen LogP contribution in [0.2, 0.25) is 10.0 Å². The third-order valence-corrected chi connectivity index (χ3v) is 9.36. The number of hydrogen-bond acceptors (Lipinski definition) is 10. The first-order chi connectivity index (χ1) is 21.3. The van der Waals surface area contributed by atoms with E-state index in [-0.39, 0.29) is 25.7 Å². The fraction of sp³-hybridized carbons (Fsp3) is 0.333. The van der Waals surface area contributed by atoms with Gasteiger partial charge in [0, 0.05) is 65.0 Å². The van der Waals surface area contributed by atoms with Gasteiger partial charge < -0.3 is 26.5 Å². The standard InChI is InChI=1S/C30H38Cl2N8O3S/c1-2-40(30(42)25(14-34)39-17-43-35)26(12-19-15-37-24-8-4-3-7-20(19)24)28(41)38-16-21-22(31)9-10-23(32)27(21)44-29-18(13-33)6-5-11-36-29/h3-11,15,25-26,28,37-39,41H,2,12-14,16-17,33-35H2,1H3/t25-,26-,28?/m0/s1. The van der Waals surface area contributed by atoms with Crippen molar-refractivity contribution in [2.75, 3.05) is 19.8 Å². The molecule has 44 heavy (non-hydrogen) atoms. The van der Waals surface area contributed by atoms with Crippen LogP contribution in [0.25, 0.3) is 10.9 Å². The Labute approximate surface area is 270 Å². The number of carbonyl (C=O) groups is 1. The van der Waals surface area contributed by atoms with Gasteiger partial charge in [0.2, 0.25) is 5.91 Å². The summed E-state index contributed by atoms with van der Waals surface area (Å²) in [4.78, 5) is 28.4. The number of nitrogens with two attached hydrogens (primary N) is 3. The van der Waals surface area contributed by atoms with Gasteiger partial charge in [-0.3, -0.25) is 20.3 Å². The van der Waals surface area contributed by atoms with Crippen molar-refractivity contribution in [3.63, 3.8) is 0 Å². The van der Waals surface area contributed by atoms with Crippen molar-refractivity contribution >= 4 is 51.8 Å². The third kappa shape index (κ3) is 8.09. The van der Waals surface area contributed by atoms with Gasteiger partial charge >= 0.3 is 0 Å². The Bertz CT molecular complexity index is 1540. The molecule has 0 radical (unpaired) electrons. The van der Waals surface area contributed by atoms with Crippen molar-refractivity contribution in [3.8, 4) is 0 Å². The van der Waals surface area contributed by atoms with E-state index in [4.69, 9.17) is 40.6 Å². The van der Waals surface area contributed by atoms with Crippen LogP contribution in [-0.4, -0.2) is 64.0 Å². The predicted molar refractivity (Wildman–Crippen MR) is 175 cm³/mol. The minimum absolute atomic E-state index is 0.0129. The average molecular weight is 662 g/mol. The Morgan fingerprint density at radius 3 is 2.61 bits per heavy atom. The highest BCUT2D eigenvalue weighted by Crippen LogP contribution is 2.39. The zero-order valence-electron chi connectivity index (χ0n) is 24.3. The minimum atomic E-state index is -1.17. The normalized spacial score (nSPS) is 13.6. The lowest BCUT2D eigenvalue weighted by atomic mass is 10.0.